The number of carbonyl (C=O) groups is 1. The number of esters is 1. The first-order valence-electron chi connectivity index (χ1n) is 7.43. The molecule has 104 valence electrons. The molecule has 2 aliphatic carbocycles. The maximum absolute atomic E-state index is 11.7. The Morgan fingerprint density at radius 2 is 2.11 bits per heavy atom. The van der Waals surface area contributed by atoms with Gasteiger partial charge in [-0.05, 0) is 49.4 Å². The average Bonchev–Trinajstić information content (AvgIpc) is 3.22. The number of carbonyl (C=O) groups excluding carboxylic acids is 1. The molecule has 0 saturated heterocycles. The average molecular weight is 253 g/mol. The molecule has 0 spiro atoms. The van der Waals surface area contributed by atoms with Crippen molar-refractivity contribution in [2.24, 2.45) is 23.0 Å². The summed E-state index contributed by atoms with van der Waals surface area (Å²) in [5.41, 5.74) is 6.37. The fraction of sp³-hybridized carbons (Fsp3) is 0.933. The Bertz CT molecular complexity index is 301. The van der Waals surface area contributed by atoms with Crippen LogP contribution in [0.3, 0.4) is 0 Å². The molecule has 0 aromatic heterocycles. The second kappa shape index (κ2) is 5.60. The third kappa shape index (κ3) is 2.87. The lowest BCUT2D eigenvalue weighted by Crippen LogP contribution is -2.46. The van der Waals surface area contributed by atoms with Gasteiger partial charge in [-0.25, -0.2) is 0 Å². The van der Waals surface area contributed by atoms with Crippen LogP contribution in [0.2, 0.25) is 0 Å². The molecule has 2 rings (SSSR count). The van der Waals surface area contributed by atoms with Crippen molar-refractivity contribution in [3.63, 3.8) is 0 Å². The van der Waals surface area contributed by atoms with Gasteiger partial charge in [-0.1, -0.05) is 19.8 Å². The van der Waals surface area contributed by atoms with Crippen molar-refractivity contribution in [2.45, 2.75) is 64.3 Å². The molecule has 3 unspecified atom stereocenters. The summed E-state index contributed by atoms with van der Waals surface area (Å²) in [4.78, 5) is 11.7. The summed E-state index contributed by atoms with van der Waals surface area (Å²) in [5.74, 6) is 1.64. The van der Waals surface area contributed by atoms with Gasteiger partial charge in [0.05, 0.1) is 13.5 Å². The van der Waals surface area contributed by atoms with E-state index in [1.165, 1.54) is 32.8 Å². The molecule has 3 atom stereocenters. The molecule has 0 aromatic rings. The third-order valence-corrected chi connectivity index (χ3v) is 5.16. The van der Waals surface area contributed by atoms with Gasteiger partial charge in [-0.2, -0.15) is 0 Å². The van der Waals surface area contributed by atoms with E-state index in [-0.39, 0.29) is 17.4 Å². The van der Waals surface area contributed by atoms with Crippen molar-refractivity contribution in [1.29, 1.82) is 0 Å². The Balaban J connectivity index is 2.09. The monoisotopic (exact) mass is 253 g/mol. The summed E-state index contributed by atoms with van der Waals surface area (Å²) in [6, 6.07) is 0.137. The molecule has 18 heavy (non-hydrogen) atoms. The quantitative estimate of drug-likeness (QED) is 0.766. The summed E-state index contributed by atoms with van der Waals surface area (Å²) in [6.45, 7) is 2.13. The van der Waals surface area contributed by atoms with Gasteiger partial charge in [-0.15, -0.1) is 0 Å². The number of rotatable bonds is 5. The third-order valence-electron chi connectivity index (χ3n) is 5.16. The summed E-state index contributed by atoms with van der Waals surface area (Å²) < 4.78 is 4.89. The molecule has 2 fully saturated rings. The van der Waals surface area contributed by atoms with Crippen molar-refractivity contribution in [2.75, 3.05) is 7.11 Å². The highest BCUT2D eigenvalue weighted by molar-refractivity contribution is 5.70. The van der Waals surface area contributed by atoms with Crippen LogP contribution in [0.25, 0.3) is 0 Å². The van der Waals surface area contributed by atoms with E-state index in [4.69, 9.17) is 10.5 Å². The molecule has 0 bridgehead atoms. The minimum atomic E-state index is -0.0876. The van der Waals surface area contributed by atoms with Crippen LogP contribution in [-0.4, -0.2) is 19.1 Å². The predicted octanol–water partition coefficient (Wildman–Crippen LogP) is 2.87. The van der Waals surface area contributed by atoms with E-state index in [0.29, 0.717) is 6.42 Å². The smallest absolute Gasteiger partial charge is 0.306 e. The van der Waals surface area contributed by atoms with Crippen LogP contribution >= 0.6 is 0 Å². The van der Waals surface area contributed by atoms with E-state index in [9.17, 15) is 4.79 Å². The molecule has 2 aliphatic rings. The Hall–Kier alpha value is -0.570. The van der Waals surface area contributed by atoms with Gasteiger partial charge in [0.1, 0.15) is 0 Å². The van der Waals surface area contributed by atoms with E-state index in [0.717, 1.165) is 31.1 Å². The molecular weight excluding hydrogens is 226 g/mol. The molecule has 0 aromatic carbocycles. The maximum Gasteiger partial charge on any atom is 0.306 e. The zero-order valence-corrected chi connectivity index (χ0v) is 11.8. The fourth-order valence-electron chi connectivity index (χ4n) is 3.83. The van der Waals surface area contributed by atoms with Gasteiger partial charge in [-0.3, -0.25) is 4.79 Å². The van der Waals surface area contributed by atoms with E-state index >= 15 is 0 Å². The van der Waals surface area contributed by atoms with Crippen LogP contribution < -0.4 is 5.73 Å². The molecule has 0 radical (unpaired) electrons. The fourth-order valence-corrected chi connectivity index (χ4v) is 3.83. The highest BCUT2D eigenvalue weighted by Gasteiger charge is 2.45. The first kappa shape index (κ1) is 13.9. The Labute approximate surface area is 110 Å². The summed E-state index contributed by atoms with van der Waals surface area (Å²) in [7, 11) is 1.48. The van der Waals surface area contributed by atoms with Gasteiger partial charge < -0.3 is 10.5 Å². The van der Waals surface area contributed by atoms with Crippen molar-refractivity contribution < 1.29 is 9.53 Å². The molecule has 2 saturated carbocycles. The van der Waals surface area contributed by atoms with Gasteiger partial charge in [0.2, 0.25) is 0 Å². The standard InChI is InChI=1S/C15H27NO2/c1-3-13(16)15(10-14(17)18-2)8-4-5-12(9-15)11-6-7-11/h11-13H,3-10,16H2,1-2H3. The lowest BCUT2D eigenvalue weighted by atomic mass is 9.62. The van der Waals surface area contributed by atoms with Crippen LogP contribution in [0.4, 0.5) is 0 Å². The molecule has 0 heterocycles. The van der Waals surface area contributed by atoms with Gasteiger partial charge in [0.15, 0.2) is 0 Å². The summed E-state index contributed by atoms with van der Waals surface area (Å²) in [6.07, 6.45) is 9.05. The lowest BCUT2D eigenvalue weighted by molar-refractivity contribution is -0.145. The van der Waals surface area contributed by atoms with Gasteiger partial charge in [0.25, 0.3) is 0 Å². The second-order valence-corrected chi connectivity index (χ2v) is 6.32. The molecule has 3 nitrogen and oxygen atoms in total. The first-order valence-corrected chi connectivity index (χ1v) is 7.43. The van der Waals surface area contributed by atoms with Crippen LogP contribution in [0, 0.1) is 17.3 Å². The van der Waals surface area contributed by atoms with Crippen LogP contribution in [0.1, 0.15) is 58.3 Å². The SMILES string of the molecule is CCC(N)C1(CC(=O)OC)CCCC(C2CC2)C1. The first-order chi connectivity index (χ1) is 8.61. The molecule has 2 N–H and O–H groups in total. The van der Waals surface area contributed by atoms with Crippen LogP contribution in [0.15, 0.2) is 0 Å². The molecule has 0 aliphatic heterocycles. The zero-order chi connectivity index (χ0) is 13.2. The van der Waals surface area contributed by atoms with E-state index in [1.807, 2.05) is 0 Å². The normalized spacial score (nSPS) is 34.1. The Morgan fingerprint density at radius 3 is 2.67 bits per heavy atom. The largest absolute Gasteiger partial charge is 0.469 e. The Kier molecular flexibility index (Phi) is 4.31. The number of nitrogens with two attached hydrogens (primary N) is 1. The van der Waals surface area contributed by atoms with E-state index in [1.54, 1.807) is 0 Å². The number of ether oxygens (including phenoxy) is 1. The van der Waals surface area contributed by atoms with E-state index in [2.05, 4.69) is 6.92 Å². The minimum absolute atomic E-state index is 0.00729. The molecular formula is C15H27NO2. The number of hydrogen-bond donors (Lipinski definition) is 1. The van der Waals surface area contributed by atoms with Gasteiger partial charge in [0, 0.05) is 6.04 Å². The number of hydrogen-bond acceptors (Lipinski definition) is 3. The van der Waals surface area contributed by atoms with E-state index < -0.39 is 0 Å². The minimum Gasteiger partial charge on any atom is -0.469 e. The lowest BCUT2D eigenvalue weighted by Gasteiger charge is -2.44. The molecule has 0 amide bonds. The van der Waals surface area contributed by atoms with Crippen LogP contribution in [-0.2, 0) is 9.53 Å². The number of methoxy groups -OCH3 is 1. The van der Waals surface area contributed by atoms with Crippen molar-refractivity contribution >= 4 is 5.97 Å². The highest BCUT2D eigenvalue weighted by Crippen LogP contribution is 2.52. The van der Waals surface area contributed by atoms with Crippen molar-refractivity contribution in [3.05, 3.63) is 0 Å². The summed E-state index contributed by atoms with van der Waals surface area (Å²) >= 11 is 0. The topological polar surface area (TPSA) is 52.3 Å². The van der Waals surface area contributed by atoms with Crippen LogP contribution in [0.5, 0.6) is 0 Å². The molecule has 3 heteroatoms. The predicted molar refractivity (Wildman–Crippen MR) is 72.0 cm³/mol. The summed E-state index contributed by atoms with van der Waals surface area (Å²) in [5, 5.41) is 0. The zero-order valence-electron chi connectivity index (χ0n) is 11.8. The van der Waals surface area contributed by atoms with Crippen molar-refractivity contribution in [3.8, 4) is 0 Å². The van der Waals surface area contributed by atoms with Crippen molar-refractivity contribution in [1.82, 2.24) is 0 Å². The highest BCUT2D eigenvalue weighted by atomic mass is 16.5. The Morgan fingerprint density at radius 1 is 1.39 bits per heavy atom. The maximum atomic E-state index is 11.7. The second-order valence-electron chi connectivity index (χ2n) is 6.32. The van der Waals surface area contributed by atoms with Gasteiger partial charge >= 0.3 is 5.97 Å².